The summed E-state index contributed by atoms with van der Waals surface area (Å²) in [6.45, 7) is 6.12. The van der Waals surface area contributed by atoms with E-state index in [0.717, 1.165) is 23.3 Å². The highest BCUT2D eigenvalue weighted by Gasteiger charge is 2.34. The number of benzene rings is 2. The van der Waals surface area contributed by atoms with Crippen molar-refractivity contribution in [3.8, 4) is 0 Å². The molecule has 172 valence electrons. The number of carbonyl (C=O) groups excluding carboxylic acids is 2. The maximum absolute atomic E-state index is 13.8. The van der Waals surface area contributed by atoms with Gasteiger partial charge in [0.05, 0.1) is 12.0 Å². The molecular formula is C23H24F4N2O3. The van der Waals surface area contributed by atoms with E-state index in [4.69, 9.17) is 4.74 Å². The average molecular weight is 452 g/mol. The van der Waals surface area contributed by atoms with Gasteiger partial charge in [0, 0.05) is 18.8 Å². The van der Waals surface area contributed by atoms with E-state index in [9.17, 15) is 27.2 Å². The van der Waals surface area contributed by atoms with Gasteiger partial charge in [-0.1, -0.05) is 18.2 Å². The number of hydrogen-bond acceptors (Lipinski definition) is 3. The monoisotopic (exact) mass is 452 g/mol. The van der Waals surface area contributed by atoms with Crippen molar-refractivity contribution in [2.24, 2.45) is 0 Å². The Labute approximate surface area is 183 Å². The fraction of sp³-hybridized carbons (Fsp3) is 0.391. The first-order valence-corrected chi connectivity index (χ1v) is 10.1. The van der Waals surface area contributed by atoms with Crippen molar-refractivity contribution in [1.82, 2.24) is 4.90 Å². The van der Waals surface area contributed by atoms with E-state index < -0.39 is 35.2 Å². The van der Waals surface area contributed by atoms with E-state index in [1.54, 1.807) is 37.8 Å². The average Bonchev–Trinajstić information content (AvgIpc) is 2.65. The van der Waals surface area contributed by atoms with Gasteiger partial charge in [-0.3, -0.25) is 4.79 Å². The Morgan fingerprint density at radius 3 is 2.47 bits per heavy atom. The van der Waals surface area contributed by atoms with Crippen molar-refractivity contribution in [3.05, 3.63) is 64.5 Å². The molecule has 3 rings (SSSR count). The largest absolute Gasteiger partial charge is 0.444 e. The zero-order valence-corrected chi connectivity index (χ0v) is 18.0. The molecule has 0 fully saturated rings. The number of hydrogen-bond donors (Lipinski definition) is 1. The van der Waals surface area contributed by atoms with E-state index in [1.165, 1.54) is 0 Å². The number of anilines is 1. The number of ether oxygens (including phenoxy) is 1. The molecular weight excluding hydrogens is 428 g/mol. The van der Waals surface area contributed by atoms with Gasteiger partial charge in [-0.2, -0.15) is 13.2 Å². The summed E-state index contributed by atoms with van der Waals surface area (Å²) in [5, 5.41) is 2.75. The van der Waals surface area contributed by atoms with Crippen LogP contribution in [-0.2, 0) is 35.1 Å². The lowest BCUT2D eigenvalue weighted by Gasteiger charge is -2.32. The summed E-state index contributed by atoms with van der Waals surface area (Å²) >= 11 is 0. The Balaban J connectivity index is 1.68. The van der Waals surface area contributed by atoms with Gasteiger partial charge in [-0.15, -0.1) is 0 Å². The lowest BCUT2D eigenvalue weighted by Crippen LogP contribution is -2.40. The minimum Gasteiger partial charge on any atom is -0.444 e. The zero-order valence-electron chi connectivity index (χ0n) is 18.0. The Morgan fingerprint density at radius 1 is 1.12 bits per heavy atom. The molecule has 2 aromatic carbocycles. The molecule has 2 amide bonds. The summed E-state index contributed by atoms with van der Waals surface area (Å²) in [6, 6.07) is 7.75. The van der Waals surface area contributed by atoms with Gasteiger partial charge in [-0.25, -0.2) is 9.18 Å². The smallest absolute Gasteiger partial charge is 0.419 e. The molecule has 0 radical (unpaired) electrons. The van der Waals surface area contributed by atoms with Crippen molar-refractivity contribution in [2.45, 2.75) is 51.9 Å². The number of halogens is 4. The molecule has 9 heteroatoms. The lowest BCUT2D eigenvalue weighted by molar-refractivity contribution is -0.140. The maximum atomic E-state index is 13.8. The van der Waals surface area contributed by atoms with Gasteiger partial charge in [0.2, 0.25) is 5.91 Å². The quantitative estimate of drug-likeness (QED) is 0.642. The number of carbonyl (C=O) groups is 2. The molecule has 0 saturated carbocycles. The van der Waals surface area contributed by atoms with Crippen LogP contribution in [0, 0.1) is 5.82 Å². The topological polar surface area (TPSA) is 58.6 Å². The number of nitrogens with zero attached hydrogens (tertiary/aromatic N) is 1. The van der Waals surface area contributed by atoms with Gasteiger partial charge in [-0.05, 0) is 62.1 Å². The zero-order chi connectivity index (χ0) is 23.7. The molecule has 32 heavy (non-hydrogen) atoms. The van der Waals surface area contributed by atoms with Gasteiger partial charge >= 0.3 is 12.3 Å². The second-order valence-electron chi connectivity index (χ2n) is 8.63. The Kier molecular flexibility index (Phi) is 6.48. The van der Waals surface area contributed by atoms with E-state index >= 15 is 0 Å². The molecule has 0 saturated heterocycles. The highest BCUT2D eigenvalue weighted by atomic mass is 19.4. The van der Waals surface area contributed by atoms with Crippen LogP contribution < -0.4 is 5.32 Å². The van der Waals surface area contributed by atoms with Crippen molar-refractivity contribution in [3.63, 3.8) is 0 Å². The first-order chi connectivity index (χ1) is 14.8. The van der Waals surface area contributed by atoms with E-state index in [2.05, 4.69) is 5.32 Å². The van der Waals surface area contributed by atoms with Crippen LogP contribution in [0.15, 0.2) is 36.4 Å². The molecule has 0 bridgehead atoms. The third-order valence-corrected chi connectivity index (χ3v) is 4.90. The van der Waals surface area contributed by atoms with E-state index in [-0.39, 0.29) is 12.0 Å². The predicted octanol–water partition coefficient (Wildman–Crippen LogP) is 5.32. The fourth-order valence-corrected chi connectivity index (χ4v) is 3.49. The Bertz CT molecular complexity index is 1030. The van der Waals surface area contributed by atoms with Crippen LogP contribution in [0.3, 0.4) is 0 Å². The summed E-state index contributed by atoms with van der Waals surface area (Å²) < 4.78 is 57.3. The van der Waals surface area contributed by atoms with E-state index in [1.807, 2.05) is 6.07 Å². The van der Waals surface area contributed by atoms with Crippen molar-refractivity contribution < 1.29 is 31.9 Å². The normalized spacial score (nSPS) is 14.0. The van der Waals surface area contributed by atoms with E-state index in [0.29, 0.717) is 31.3 Å². The number of nitrogens with one attached hydrogen (secondary N) is 1. The first-order valence-electron chi connectivity index (χ1n) is 10.1. The highest BCUT2D eigenvalue weighted by molar-refractivity contribution is 5.93. The van der Waals surface area contributed by atoms with Crippen molar-refractivity contribution >= 4 is 17.7 Å². The molecule has 1 heterocycles. The Hall–Kier alpha value is -3.10. The standard InChI is InChI=1S/C23H24F4N2O3/c1-22(2,3)32-21(31)29-10-9-16-15(13-29)5-4-6-19(16)28-20(30)12-14-7-8-17(18(24)11-14)23(25,26)27/h4-8,11H,9-10,12-13H2,1-3H3,(H,28,30). The van der Waals surface area contributed by atoms with Crippen molar-refractivity contribution in [2.75, 3.05) is 11.9 Å². The van der Waals surface area contributed by atoms with Gasteiger partial charge in [0.1, 0.15) is 11.4 Å². The maximum Gasteiger partial charge on any atom is 0.419 e. The summed E-state index contributed by atoms with van der Waals surface area (Å²) in [6.07, 6.45) is -4.98. The molecule has 1 N–H and O–H groups in total. The van der Waals surface area contributed by atoms with Gasteiger partial charge in [0.15, 0.2) is 0 Å². The SMILES string of the molecule is CC(C)(C)OC(=O)N1CCc2c(cccc2NC(=O)Cc2ccc(C(F)(F)F)c(F)c2)C1. The molecule has 0 aliphatic carbocycles. The van der Waals surface area contributed by atoms with Crippen LogP contribution in [0.4, 0.5) is 28.0 Å². The predicted molar refractivity (Wildman–Crippen MR) is 111 cm³/mol. The molecule has 0 unspecified atom stereocenters. The number of rotatable bonds is 3. The van der Waals surface area contributed by atoms with Crippen molar-refractivity contribution in [1.29, 1.82) is 0 Å². The Morgan fingerprint density at radius 2 is 1.84 bits per heavy atom. The molecule has 0 aromatic heterocycles. The van der Waals surface area contributed by atoms with Crippen LogP contribution in [0.25, 0.3) is 0 Å². The minimum atomic E-state index is -4.79. The second-order valence-corrected chi connectivity index (χ2v) is 8.63. The number of fused-ring (bicyclic) bond motifs is 1. The van der Waals surface area contributed by atoms with Crippen LogP contribution in [0.2, 0.25) is 0 Å². The molecule has 0 atom stereocenters. The van der Waals surface area contributed by atoms with Crippen LogP contribution in [-0.4, -0.2) is 29.0 Å². The molecule has 0 spiro atoms. The summed E-state index contributed by atoms with van der Waals surface area (Å²) in [7, 11) is 0. The molecule has 5 nitrogen and oxygen atoms in total. The third-order valence-electron chi connectivity index (χ3n) is 4.90. The minimum absolute atomic E-state index is 0.133. The highest BCUT2D eigenvalue weighted by Crippen LogP contribution is 2.32. The van der Waals surface area contributed by atoms with Crippen LogP contribution in [0.1, 0.15) is 43.0 Å². The number of alkyl halides is 3. The second kappa shape index (κ2) is 8.80. The van der Waals surface area contributed by atoms with Crippen LogP contribution in [0.5, 0.6) is 0 Å². The molecule has 1 aliphatic heterocycles. The summed E-state index contributed by atoms with van der Waals surface area (Å²) in [5.74, 6) is -1.89. The third kappa shape index (κ3) is 5.77. The summed E-state index contributed by atoms with van der Waals surface area (Å²) in [4.78, 5) is 26.4. The summed E-state index contributed by atoms with van der Waals surface area (Å²) in [5.41, 5.74) is 0.455. The molecule has 1 aliphatic rings. The lowest BCUT2D eigenvalue weighted by atomic mass is 9.97. The number of amides is 2. The van der Waals surface area contributed by atoms with Gasteiger partial charge in [0.25, 0.3) is 0 Å². The molecule has 2 aromatic rings. The van der Waals surface area contributed by atoms with Gasteiger partial charge < -0.3 is 15.0 Å². The fourth-order valence-electron chi connectivity index (χ4n) is 3.49. The first kappa shape index (κ1) is 23.6. The van der Waals surface area contributed by atoms with Crippen LogP contribution >= 0.6 is 0 Å².